The van der Waals surface area contributed by atoms with E-state index in [1.807, 2.05) is 36.0 Å². The summed E-state index contributed by atoms with van der Waals surface area (Å²) < 4.78 is 16.2. The van der Waals surface area contributed by atoms with Crippen molar-refractivity contribution in [3.63, 3.8) is 0 Å². The summed E-state index contributed by atoms with van der Waals surface area (Å²) in [6, 6.07) is 5.92. The topological polar surface area (TPSA) is 4.93 Å². The van der Waals surface area contributed by atoms with Crippen LogP contribution < -0.4 is 0 Å². The molecule has 0 spiro atoms. The maximum Gasteiger partial charge on any atom is 0.124 e. The number of halogens is 2. The molecule has 1 aromatic heterocycles. The van der Waals surface area contributed by atoms with Crippen molar-refractivity contribution >= 4 is 26.8 Å². The van der Waals surface area contributed by atoms with Gasteiger partial charge in [0, 0.05) is 34.2 Å². The number of hydrogen-bond donors (Lipinski definition) is 0. The second kappa shape index (κ2) is 3.39. The van der Waals surface area contributed by atoms with Gasteiger partial charge >= 0.3 is 0 Å². The molecular weight excluding hydrogens is 245 g/mol. The van der Waals surface area contributed by atoms with Crippen molar-refractivity contribution in [3.8, 4) is 0 Å². The van der Waals surface area contributed by atoms with Crippen LogP contribution in [0.1, 0.15) is 18.7 Å². The van der Waals surface area contributed by atoms with E-state index in [2.05, 4.69) is 15.9 Å². The summed E-state index contributed by atoms with van der Waals surface area (Å²) >= 11 is 3.39. The summed E-state index contributed by atoms with van der Waals surface area (Å²) in [5.41, 5.74) is 1.82. The molecule has 0 aliphatic carbocycles. The van der Waals surface area contributed by atoms with Crippen LogP contribution in [0.5, 0.6) is 0 Å². The maximum atomic E-state index is 13.3. The zero-order valence-electron chi connectivity index (χ0n) is 8.09. The molecular formula is C11H11BrFN. The van der Waals surface area contributed by atoms with Gasteiger partial charge in [-0.3, -0.25) is 0 Å². The van der Waals surface area contributed by atoms with Gasteiger partial charge < -0.3 is 4.57 Å². The van der Waals surface area contributed by atoms with Gasteiger partial charge in [-0.15, -0.1) is 0 Å². The largest absolute Gasteiger partial charge is 0.350 e. The fraction of sp³-hybridized carbons (Fsp3) is 0.273. The molecule has 14 heavy (non-hydrogen) atoms. The second-order valence-corrected chi connectivity index (χ2v) is 4.39. The Bertz CT molecular complexity index is 473. The molecule has 0 radical (unpaired) electrons. The highest BCUT2D eigenvalue weighted by Gasteiger charge is 2.11. The first-order chi connectivity index (χ1) is 6.59. The number of nitrogens with zero attached hydrogens (tertiary/aromatic N) is 1. The normalized spacial score (nSPS) is 13.4. The summed E-state index contributed by atoms with van der Waals surface area (Å²) in [5, 5.41) is 0.983. The maximum absolute atomic E-state index is 13.3. The predicted molar refractivity (Wildman–Crippen MR) is 60.1 cm³/mol. The molecule has 74 valence electrons. The Morgan fingerprint density at radius 2 is 2.14 bits per heavy atom. The highest BCUT2D eigenvalue weighted by atomic mass is 79.9. The van der Waals surface area contributed by atoms with Crippen LogP contribution in [-0.2, 0) is 7.05 Å². The van der Waals surface area contributed by atoms with Crippen molar-refractivity contribution in [1.29, 1.82) is 0 Å². The molecule has 1 unspecified atom stereocenters. The zero-order chi connectivity index (χ0) is 10.3. The van der Waals surface area contributed by atoms with Crippen molar-refractivity contribution in [2.75, 3.05) is 0 Å². The Hall–Kier alpha value is -0.830. The molecule has 1 aromatic carbocycles. The van der Waals surface area contributed by atoms with Crippen molar-refractivity contribution in [2.24, 2.45) is 7.05 Å². The van der Waals surface area contributed by atoms with E-state index in [0.717, 1.165) is 20.9 Å². The highest BCUT2D eigenvalue weighted by Crippen LogP contribution is 2.29. The van der Waals surface area contributed by atoms with Gasteiger partial charge in [0.25, 0.3) is 0 Å². The Kier molecular flexibility index (Phi) is 2.35. The molecule has 0 fully saturated rings. The van der Waals surface area contributed by atoms with Crippen LogP contribution in [0.2, 0.25) is 0 Å². The van der Waals surface area contributed by atoms with Crippen molar-refractivity contribution in [3.05, 3.63) is 34.4 Å². The molecule has 0 amide bonds. The van der Waals surface area contributed by atoms with Gasteiger partial charge in [0.1, 0.15) is 6.17 Å². The van der Waals surface area contributed by atoms with Crippen LogP contribution in [0, 0.1) is 0 Å². The molecule has 0 saturated heterocycles. The van der Waals surface area contributed by atoms with Crippen molar-refractivity contribution < 1.29 is 4.39 Å². The monoisotopic (exact) mass is 255 g/mol. The number of alkyl halides is 1. The Morgan fingerprint density at radius 3 is 2.79 bits per heavy atom. The SMILES string of the molecule is CC(F)c1cn(C)c2ccc(Br)cc12. The van der Waals surface area contributed by atoms with E-state index in [0.29, 0.717) is 0 Å². The van der Waals surface area contributed by atoms with E-state index in [1.165, 1.54) is 0 Å². The lowest BCUT2D eigenvalue weighted by Crippen LogP contribution is -1.83. The van der Waals surface area contributed by atoms with Crippen LogP contribution in [0.4, 0.5) is 4.39 Å². The third-order valence-corrected chi connectivity index (χ3v) is 2.90. The summed E-state index contributed by atoms with van der Waals surface area (Å²) in [6.45, 7) is 1.57. The molecule has 0 N–H and O–H groups in total. The standard InChI is InChI=1S/C11H11BrFN/c1-7(13)10-6-14(2)11-4-3-8(12)5-9(10)11/h3-7H,1-2H3. The number of benzene rings is 1. The predicted octanol–water partition coefficient (Wildman–Crippen LogP) is 3.97. The van der Waals surface area contributed by atoms with Crippen LogP contribution in [0.3, 0.4) is 0 Å². The van der Waals surface area contributed by atoms with Gasteiger partial charge in [-0.2, -0.15) is 0 Å². The van der Waals surface area contributed by atoms with Gasteiger partial charge in [0.15, 0.2) is 0 Å². The third kappa shape index (κ3) is 1.46. The van der Waals surface area contributed by atoms with Crippen LogP contribution in [-0.4, -0.2) is 4.57 Å². The Labute approximate surface area is 90.7 Å². The molecule has 2 rings (SSSR count). The first kappa shape index (κ1) is 9.71. The van der Waals surface area contributed by atoms with E-state index in [9.17, 15) is 4.39 Å². The molecule has 2 aromatic rings. The molecule has 1 heterocycles. The van der Waals surface area contributed by atoms with Crippen molar-refractivity contribution in [2.45, 2.75) is 13.1 Å². The minimum absolute atomic E-state index is 0.754. The Balaban J connectivity index is 2.79. The summed E-state index contributed by atoms with van der Waals surface area (Å²) in [6.07, 6.45) is 0.926. The van der Waals surface area contributed by atoms with E-state index in [-0.39, 0.29) is 0 Å². The average molecular weight is 256 g/mol. The number of aryl methyl sites for hydroxylation is 1. The van der Waals surface area contributed by atoms with Gasteiger partial charge in [-0.1, -0.05) is 15.9 Å². The van der Waals surface area contributed by atoms with Gasteiger partial charge in [-0.05, 0) is 25.1 Å². The molecule has 1 nitrogen and oxygen atoms in total. The van der Waals surface area contributed by atoms with Gasteiger partial charge in [0.05, 0.1) is 0 Å². The molecule has 0 bridgehead atoms. The fourth-order valence-corrected chi connectivity index (χ4v) is 2.07. The lowest BCUT2D eigenvalue weighted by Gasteiger charge is -1.99. The van der Waals surface area contributed by atoms with E-state index in [4.69, 9.17) is 0 Å². The minimum Gasteiger partial charge on any atom is -0.350 e. The highest BCUT2D eigenvalue weighted by molar-refractivity contribution is 9.10. The van der Waals surface area contributed by atoms with Crippen LogP contribution in [0.25, 0.3) is 10.9 Å². The molecule has 3 heteroatoms. The van der Waals surface area contributed by atoms with Crippen molar-refractivity contribution in [1.82, 2.24) is 4.57 Å². The first-order valence-corrected chi connectivity index (χ1v) is 5.27. The molecule has 0 saturated carbocycles. The van der Waals surface area contributed by atoms with Gasteiger partial charge in [-0.25, -0.2) is 4.39 Å². The summed E-state index contributed by atoms with van der Waals surface area (Å²) in [4.78, 5) is 0. The lowest BCUT2D eigenvalue weighted by atomic mass is 10.1. The lowest BCUT2D eigenvalue weighted by molar-refractivity contribution is 0.376. The smallest absolute Gasteiger partial charge is 0.124 e. The fourth-order valence-electron chi connectivity index (χ4n) is 1.71. The first-order valence-electron chi connectivity index (χ1n) is 4.48. The minimum atomic E-state index is -0.923. The Morgan fingerprint density at radius 1 is 1.43 bits per heavy atom. The number of rotatable bonds is 1. The van der Waals surface area contributed by atoms with Crippen LogP contribution in [0.15, 0.2) is 28.9 Å². The van der Waals surface area contributed by atoms with E-state index < -0.39 is 6.17 Å². The number of hydrogen-bond acceptors (Lipinski definition) is 0. The number of aromatic nitrogens is 1. The third-order valence-electron chi connectivity index (χ3n) is 2.41. The number of fused-ring (bicyclic) bond motifs is 1. The summed E-state index contributed by atoms with van der Waals surface area (Å²) in [7, 11) is 1.93. The summed E-state index contributed by atoms with van der Waals surface area (Å²) in [5.74, 6) is 0. The molecule has 0 aliphatic rings. The second-order valence-electron chi connectivity index (χ2n) is 3.47. The van der Waals surface area contributed by atoms with E-state index >= 15 is 0 Å². The average Bonchev–Trinajstić information content (AvgIpc) is 2.43. The van der Waals surface area contributed by atoms with Gasteiger partial charge in [0.2, 0.25) is 0 Å². The quantitative estimate of drug-likeness (QED) is 0.727. The van der Waals surface area contributed by atoms with Crippen LogP contribution >= 0.6 is 15.9 Å². The molecule has 1 atom stereocenters. The zero-order valence-corrected chi connectivity index (χ0v) is 9.68. The van der Waals surface area contributed by atoms with E-state index in [1.54, 1.807) is 6.92 Å². The molecule has 0 aliphatic heterocycles.